The van der Waals surface area contributed by atoms with Gasteiger partial charge in [-0.25, -0.2) is 0 Å². The van der Waals surface area contributed by atoms with Crippen LogP contribution in [0, 0.1) is 0 Å². The zero-order valence-electron chi connectivity index (χ0n) is 8.94. The predicted molar refractivity (Wildman–Crippen MR) is 57.0 cm³/mol. The van der Waals surface area contributed by atoms with Gasteiger partial charge in [-0.3, -0.25) is 4.79 Å². The molecule has 0 spiro atoms. The predicted octanol–water partition coefficient (Wildman–Crippen LogP) is 1.75. The maximum atomic E-state index is 11.6. The van der Waals surface area contributed by atoms with Crippen molar-refractivity contribution in [3.8, 4) is 0 Å². The molecule has 3 nitrogen and oxygen atoms in total. The molecule has 78 valence electrons. The maximum absolute atomic E-state index is 11.6. The molecule has 1 heterocycles. The first-order valence-corrected chi connectivity index (χ1v) is 5.08. The lowest BCUT2D eigenvalue weighted by atomic mass is 10.3. The molecule has 1 aromatic heterocycles. The number of carbonyl (C=O) groups excluding carboxylic acids is 1. The number of aromatic nitrogens is 1. The van der Waals surface area contributed by atoms with Gasteiger partial charge in [-0.1, -0.05) is 13.3 Å². The summed E-state index contributed by atoms with van der Waals surface area (Å²) < 4.78 is 1.89. The van der Waals surface area contributed by atoms with Crippen molar-refractivity contribution in [3.63, 3.8) is 0 Å². The smallest absolute Gasteiger partial charge is 0.242 e. The van der Waals surface area contributed by atoms with Crippen molar-refractivity contribution in [2.24, 2.45) is 0 Å². The molecule has 0 saturated carbocycles. The van der Waals surface area contributed by atoms with Crippen molar-refractivity contribution in [3.05, 3.63) is 24.5 Å². The molecule has 0 atom stereocenters. The molecule has 0 aliphatic rings. The van der Waals surface area contributed by atoms with E-state index in [1.54, 1.807) is 4.90 Å². The molecule has 1 amide bonds. The van der Waals surface area contributed by atoms with E-state index in [0.717, 1.165) is 19.4 Å². The summed E-state index contributed by atoms with van der Waals surface area (Å²) in [7, 11) is 1.86. The molecule has 1 rings (SSSR count). The number of hydrogen-bond acceptors (Lipinski definition) is 1. The van der Waals surface area contributed by atoms with Gasteiger partial charge in [0.1, 0.15) is 6.54 Å². The second kappa shape index (κ2) is 5.47. The van der Waals surface area contributed by atoms with Crippen LogP contribution in [0.15, 0.2) is 24.5 Å². The van der Waals surface area contributed by atoms with E-state index in [4.69, 9.17) is 0 Å². The molecule has 14 heavy (non-hydrogen) atoms. The Balaban J connectivity index is 2.34. The summed E-state index contributed by atoms with van der Waals surface area (Å²) in [5.74, 6) is 0.176. The molecule has 0 aromatic carbocycles. The average Bonchev–Trinajstić information content (AvgIpc) is 2.66. The second-order valence-corrected chi connectivity index (χ2v) is 3.52. The van der Waals surface area contributed by atoms with E-state index in [1.165, 1.54) is 0 Å². The van der Waals surface area contributed by atoms with E-state index in [0.29, 0.717) is 6.54 Å². The molecule has 0 fully saturated rings. The zero-order chi connectivity index (χ0) is 10.4. The van der Waals surface area contributed by atoms with Crippen LogP contribution < -0.4 is 0 Å². The quantitative estimate of drug-likeness (QED) is 0.701. The Morgan fingerprint density at radius 1 is 1.36 bits per heavy atom. The summed E-state index contributed by atoms with van der Waals surface area (Å²) in [4.78, 5) is 13.4. The Morgan fingerprint density at radius 3 is 2.57 bits per heavy atom. The lowest BCUT2D eigenvalue weighted by Crippen LogP contribution is -2.30. The summed E-state index contributed by atoms with van der Waals surface area (Å²) in [6, 6.07) is 3.86. The molecular formula is C11H18N2O. The third-order valence-corrected chi connectivity index (χ3v) is 2.26. The van der Waals surface area contributed by atoms with Gasteiger partial charge >= 0.3 is 0 Å². The van der Waals surface area contributed by atoms with E-state index < -0.39 is 0 Å². The number of likely N-dealkylation sites (N-methyl/N-ethyl adjacent to an activating group) is 1. The van der Waals surface area contributed by atoms with E-state index >= 15 is 0 Å². The fourth-order valence-electron chi connectivity index (χ4n) is 1.27. The highest BCUT2D eigenvalue weighted by Crippen LogP contribution is 1.96. The van der Waals surface area contributed by atoms with Crippen LogP contribution in [-0.4, -0.2) is 29.0 Å². The maximum Gasteiger partial charge on any atom is 0.242 e. The Bertz CT molecular complexity index is 267. The summed E-state index contributed by atoms with van der Waals surface area (Å²) in [6.07, 6.45) is 6.02. The SMILES string of the molecule is CCCCN(C)C(=O)Cn1cccc1. The standard InChI is InChI=1S/C11H18N2O/c1-3-4-7-12(2)11(14)10-13-8-5-6-9-13/h5-6,8-9H,3-4,7,10H2,1-2H3. The molecule has 0 unspecified atom stereocenters. The molecule has 0 N–H and O–H groups in total. The highest BCUT2D eigenvalue weighted by Gasteiger charge is 2.07. The zero-order valence-corrected chi connectivity index (χ0v) is 8.94. The minimum Gasteiger partial charge on any atom is -0.345 e. The Kier molecular flexibility index (Phi) is 4.23. The van der Waals surface area contributed by atoms with Gasteiger partial charge in [0.25, 0.3) is 0 Å². The van der Waals surface area contributed by atoms with Crippen LogP contribution >= 0.6 is 0 Å². The molecule has 0 aliphatic carbocycles. The number of rotatable bonds is 5. The third kappa shape index (κ3) is 3.24. The van der Waals surface area contributed by atoms with Gasteiger partial charge in [-0.15, -0.1) is 0 Å². The van der Waals surface area contributed by atoms with Crippen LogP contribution in [0.3, 0.4) is 0 Å². The van der Waals surface area contributed by atoms with Crippen LogP contribution in [0.4, 0.5) is 0 Å². The average molecular weight is 194 g/mol. The summed E-state index contributed by atoms with van der Waals surface area (Å²) >= 11 is 0. The number of carbonyl (C=O) groups is 1. The fraction of sp³-hybridized carbons (Fsp3) is 0.545. The van der Waals surface area contributed by atoms with E-state index in [1.807, 2.05) is 36.1 Å². The lowest BCUT2D eigenvalue weighted by Gasteiger charge is -2.16. The number of unbranched alkanes of at least 4 members (excludes halogenated alkanes) is 1. The van der Waals surface area contributed by atoms with Crippen molar-refractivity contribution < 1.29 is 4.79 Å². The van der Waals surface area contributed by atoms with Gasteiger partial charge in [-0.05, 0) is 18.6 Å². The second-order valence-electron chi connectivity index (χ2n) is 3.52. The Morgan fingerprint density at radius 2 is 2.00 bits per heavy atom. The Hall–Kier alpha value is -1.25. The van der Waals surface area contributed by atoms with Gasteiger partial charge < -0.3 is 9.47 Å². The van der Waals surface area contributed by atoms with Crippen LogP contribution in [0.2, 0.25) is 0 Å². The highest BCUT2D eigenvalue weighted by atomic mass is 16.2. The number of amides is 1. The van der Waals surface area contributed by atoms with Gasteiger partial charge in [0.15, 0.2) is 0 Å². The van der Waals surface area contributed by atoms with Crippen LogP contribution in [0.25, 0.3) is 0 Å². The van der Waals surface area contributed by atoms with Crippen LogP contribution in [0.1, 0.15) is 19.8 Å². The Labute approximate surface area is 85.3 Å². The van der Waals surface area contributed by atoms with Gasteiger partial charge in [0, 0.05) is 26.0 Å². The molecule has 0 aliphatic heterocycles. The van der Waals surface area contributed by atoms with Gasteiger partial charge in [0.2, 0.25) is 5.91 Å². The molecular weight excluding hydrogens is 176 g/mol. The van der Waals surface area contributed by atoms with Crippen molar-refractivity contribution >= 4 is 5.91 Å². The monoisotopic (exact) mass is 194 g/mol. The highest BCUT2D eigenvalue weighted by molar-refractivity contribution is 5.75. The normalized spacial score (nSPS) is 10.1. The molecule has 0 radical (unpaired) electrons. The largest absolute Gasteiger partial charge is 0.345 e. The lowest BCUT2D eigenvalue weighted by molar-refractivity contribution is -0.130. The topological polar surface area (TPSA) is 25.2 Å². The third-order valence-electron chi connectivity index (χ3n) is 2.26. The number of hydrogen-bond donors (Lipinski definition) is 0. The minimum absolute atomic E-state index is 0.176. The number of nitrogens with zero attached hydrogens (tertiary/aromatic N) is 2. The van der Waals surface area contributed by atoms with Crippen molar-refractivity contribution in [2.75, 3.05) is 13.6 Å². The van der Waals surface area contributed by atoms with E-state index in [-0.39, 0.29) is 5.91 Å². The van der Waals surface area contributed by atoms with Gasteiger partial charge in [0.05, 0.1) is 0 Å². The van der Waals surface area contributed by atoms with Crippen molar-refractivity contribution in [1.82, 2.24) is 9.47 Å². The van der Waals surface area contributed by atoms with Gasteiger partial charge in [-0.2, -0.15) is 0 Å². The van der Waals surface area contributed by atoms with Crippen LogP contribution in [0.5, 0.6) is 0 Å². The summed E-state index contributed by atoms with van der Waals surface area (Å²) in [5, 5.41) is 0. The van der Waals surface area contributed by atoms with Crippen molar-refractivity contribution in [1.29, 1.82) is 0 Å². The fourth-order valence-corrected chi connectivity index (χ4v) is 1.27. The van der Waals surface area contributed by atoms with Crippen LogP contribution in [-0.2, 0) is 11.3 Å². The van der Waals surface area contributed by atoms with Crippen molar-refractivity contribution in [2.45, 2.75) is 26.3 Å². The first-order valence-electron chi connectivity index (χ1n) is 5.08. The first-order chi connectivity index (χ1) is 6.74. The molecule has 3 heteroatoms. The molecule has 0 saturated heterocycles. The molecule has 0 bridgehead atoms. The first kappa shape index (κ1) is 10.8. The summed E-state index contributed by atoms with van der Waals surface area (Å²) in [6.45, 7) is 3.44. The van der Waals surface area contributed by atoms with E-state index in [9.17, 15) is 4.79 Å². The minimum atomic E-state index is 0.176. The summed E-state index contributed by atoms with van der Waals surface area (Å²) in [5.41, 5.74) is 0. The van der Waals surface area contributed by atoms with E-state index in [2.05, 4.69) is 6.92 Å². The molecule has 1 aromatic rings.